The number of amides is 1. The van der Waals surface area contributed by atoms with Gasteiger partial charge in [-0.25, -0.2) is 0 Å². The summed E-state index contributed by atoms with van der Waals surface area (Å²) in [6.07, 6.45) is 2.70. The van der Waals surface area contributed by atoms with Crippen LogP contribution in [0.1, 0.15) is 42.6 Å². The van der Waals surface area contributed by atoms with Crippen LogP contribution < -0.4 is 0 Å². The minimum absolute atomic E-state index is 0.256. The molecule has 0 unspecified atom stereocenters. The number of carbonyl (C=O) groups is 1. The number of hydrogen-bond donors (Lipinski definition) is 1. The van der Waals surface area contributed by atoms with Crippen LogP contribution in [0.3, 0.4) is 0 Å². The summed E-state index contributed by atoms with van der Waals surface area (Å²) < 4.78 is 0. The quantitative estimate of drug-likeness (QED) is 0.781. The smallest absolute Gasteiger partial charge is 0.223 e. The van der Waals surface area contributed by atoms with Crippen molar-refractivity contribution in [3.63, 3.8) is 0 Å². The number of carbonyl (C=O) groups excluding carboxylic acids is 1. The molecule has 20 heavy (non-hydrogen) atoms. The van der Waals surface area contributed by atoms with Crippen LogP contribution >= 0.6 is 0 Å². The van der Waals surface area contributed by atoms with Crippen LogP contribution in [0.4, 0.5) is 0 Å². The fourth-order valence-electron chi connectivity index (χ4n) is 4.01. The van der Waals surface area contributed by atoms with Gasteiger partial charge in [-0.1, -0.05) is 25.1 Å². The largest absolute Gasteiger partial charge is 0.356 e. The van der Waals surface area contributed by atoms with E-state index in [2.05, 4.69) is 41.9 Å². The molecule has 1 amide bonds. The Hall–Kier alpha value is -1.77. The van der Waals surface area contributed by atoms with Gasteiger partial charge >= 0.3 is 0 Å². The van der Waals surface area contributed by atoms with E-state index < -0.39 is 0 Å². The van der Waals surface area contributed by atoms with Crippen LogP contribution in [0.5, 0.6) is 0 Å². The second-order valence-corrected chi connectivity index (χ2v) is 6.31. The van der Waals surface area contributed by atoms with E-state index in [0.29, 0.717) is 18.2 Å². The molecule has 2 aliphatic heterocycles. The highest BCUT2D eigenvalue weighted by Gasteiger charge is 2.39. The minimum atomic E-state index is 0.256. The Morgan fingerprint density at radius 1 is 1.30 bits per heavy atom. The number of piperidine rings is 1. The van der Waals surface area contributed by atoms with E-state index in [1.54, 1.807) is 0 Å². The Kier molecular flexibility index (Phi) is 2.47. The van der Waals surface area contributed by atoms with Gasteiger partial charge in [0.05, 0.1) is 6.04 Å². The Morgan fingerprint density at radius 3 is 3.00 bits per heavy atom. The molecular formula is C17H20N2O. The third kappa shape index (κ3) is 1.49. The van der Waals surface area contributed by atoms with Crippen molar-refractivity contribution >= 4 is 16.8 Å². The van der Waals surface area contributed by atoms with Crippen LogP contribution in [-0.2, 0) is 11.2 Å². The zero-order valence-electron chi connectivity index (χ0n) is 12.1. The van der Waals surface area contributed by atoms with Gasteiger partial charge in [-0.15, -0.1) is 0 Å². The molecule has 2 aliphatic rings. The zero-order chi connectivity index (χ0) is 13.9. The van der Waals surface area contributed by atoms with E-state index in [1.807, 2.05) is 0 Å². The molecule has 0 radical (unpaired) electrons. The number of aromatic nitrogens is 1. The SMILES string of the molecule is Cc1cccc2c3c([nH]c12)[C@H]1[C@H](C)CCC(=O)N1CC3. The van der Waals surface area contributed by atoms with Crippen LogP contribution in [0, 0.1) is 12.8 Å². The lowest BCUT2D eigenvalue weighted by molar-refractivity contribution is -0.139. The summed E-state index contributed by atoms with van der Waals surface area (Å²) >= 11 is 0. The highest BCUT2D eigenvalue weighted by Crippen LogP contribution is 2.43. The molecular weight excluding hydrogens is 248 g/mol. The third-order valence-electron chi connectivity index (χ3n) is 5.09. The van der Waals surface area contributed by atoms with Gasteiger partial charge in [-0.05, 0) is 36.8 Å². The molecule has 1 saturated heterocycles. The van der Waals surface area contributed by atoms with E-state index in [9.17, 15) is 4.79 Å². The summed E-state index contributed by atoms with van der Waals surface area (Å²) in [6.45, 7) is 5.30. The minimum Gasteiger partial charge on any atom is -0.356 e. The van der Waals surface area contributed by atoms with Crippen LogP contribution in [0.15, 0.2) is 18.2 Å². The molecule has 3 nitrogen and oxygen atoms in total. The van der Waals surface area contributed by atoms with Gasteiger partial charge in [0, 0.05) is 29.6 Å². The first-order valence-electron chi connectivity index (χ1n) is 7.56. The number of hydrogen-bond acceptors (Lipinski definition) is 1. The standard InChI is InChI=1S/C17H20N2O/c1-10-4-3-5-12-13-8-9-19-14(20)7-6-11(2)17(19)16(13)18-15(10)12/h3-5,11,17-18H,6-9H2,1-2H3/t11-,17-/m1/s1. The number of para-hydroxylation sites is 1. The summed E-state index contributed by atoms with van der Waals surface area (Å²) in [5, 5.41) is 1.35. The van der Waals surface area contributed by atoms with Gasteiger partial charge < -0.3 is 9.88 Å². The molecule has 2 atom stereocenters. The Morgan fingerprint density at radius 2 is 2.15 bits per heavy atom. The molecule has 0 spiro atoms. The lowest BCUT2D eigenvalue weighted by atomic mass is 9.83. The molecule has 2 aromatic rings. The summed E-state index contributed by atoms with van der Waals surface area (Å²) in [7, 11) is 0. The molecule has 3 heterocycles. The number of nitrogens with one attached hydrogen (secondary N) is 1. The number of fused-ring (bicyclic) bond motifs is 5. The number of rotatable bonds is 0. The Bertz CT molecular complexity index is 700. The fourth-order valence-corrected chi connectivity index (χ4v) is 4.01. The van der Waals surface area contributed by atoms with Crippen molar-refractivity contribution in [3.8, 4) is 0 Å². The number of benzene rings is 1. The van der Waals surface area contributed by atoms with Crippen molar-refractivity contribution in [2.75, 3.05) is 6.54 Å². The molecule has 0 aliphatic carbocycles. The number of nitrogens with zero attached hydrogens (tertiary/aromatic N) is 1. The third-order valence-corrected chi connectivity index (χ3v) is 5.09. The molecule has 0 bridgehead atoms. The molecule has 3 heteroatoms. The van der Waals surface area contributed by atoms with Crippen LogP contribution in [-0.4, -0.2) is 22.3 Å². The second kappa shape index (κ2) is 4.11. The topological polar surface area (TPSA) is 36.1 Å². The number of aromatic amines is 1. The Labute approximate surface area is 119 Å². The molecule has 104 valence electrons. The van der Waals surface area contributed by atoms with Crippen molar-refractivity contribution in [3.05, 3.63) is 35.0 Å². The number of aryl methyl sites for hydroxylation is 1. The average Bonchev–Trinajstić information content (AvgIpc) is 2.83. The van der Waals surface area contributed by atoms with Crippen molar-refractivity contribution in [2.24, 2.45) is 5.92 Å². The van der Waals surface area contributed by atoms with Gasteiger partial charge in [0.2, 0.25) is 5.91 Å². The first kappa shape index (κ1) is 12.0. The van der Waals surface area contributed by atoms with E-state index in [1.165, 1.54) is 27.7 Å². The van der Waals surface area contributed by atoms with E-state index in [-0.39, 0.29) is 6.04 Å². The summed E-state index contributed by atoms with van der Waals surface area (Å²) in [6, 6.07) is 6.75. The maximum Gasteiger partial charge on any atom is 0.223 e. The van der Waals surface area contributed by atoms with Crippen molar-refractivity contribution in [1.29, 1.82) is 0 Å². The molecule has 0 saturated carbocycles. The molecule has 1 fully saturated rings. The fraction of sp³-hybridized carbons (Fsp3) is 0.471. The maximum atomic E-state index is 12.2. The zero-order valence-corrected chi connectivity index (χ0v) is 12.1. The second-order valence-electron chi connectivity index (χ2n) is 6.31. The predicted molar refractivity (Wildman–Crippen MR) is 79.6 cm³/mol. The van der Waals surface area contributed by atoms with Crippen LogP contribution in [0.25, 0.3) is 10.9 Å². The highest BCUT2D eigenvalue weighted by molar-refractivity contribution is 5.88. The normalized spacial score (nSPS) is 25.7. The Balaban J connectivity index is 1.93. The van der Waals surface area contributed by atoms with E-state index in [0.717, 1.165) is 19.4 Å². The van der Waals surface area contributed by atoms with Crippen molar-refractivity contribution < 1.29 is 4.79 Å². The van der Waals surface area contributed by atoms with Crippen molar-refractivity contribution in [1.82, 2.24) is 9.88 Å². The predicted octanol–water partition coefficient (Wildman–Crippen LogP) is 3.33. The summed E-state index contributed by atoms with van der Waals surface area (Å²) in [5.74, 6) is 0.870. The molecule has 4 rings (SSSR count). The number of H-pyrrole nitrogens is 1. The molecule has 1 N–H and O–H groups in total. The van der Waals surface area contributed by atoms with Gasteiger partial charge in [0.1, 0.15) is 0 Å². The first-order valence-corrected chi connectivity index (χ1v) is 7.56. The molecule has 1 aromatic heterocycles. The lowest BCUT2D eigenvalue weighted by Gasteiger charge is -2.42. The van der Waals surface area contributed by atoms with Crippen molar-refractivity contribution in [2.45, 2.75) is 39.2 Å². The molecule has 1 aromatic carbocycles. The monoisotopic (exact) mass is 268 g/mol. The van der Waals surface area contributed by atoms with Gasteiger partial charge in [-0.3, -0.25) is 4.79 Å². The van der Waals surface area contributed by atoms with Crippen LogP contribution in [0.2, 0.25) is 0 Å². The maximum absolute atomic E-state index is 12.2. The van der Waals surface area contributed by atoms with E-state index >= 15 is 0 Å². The summed E-state index contributed by atoms with van der Waals surface area (Å²) in [4.78, 5) is 17.9. The lowest BCUT2D eigenvalue weighted by Crippen LogP contribution is -2.45. The van der Waals surface area contributed by atoms with Gasteiger partial charge in [-0.2, -0.15) is 0 Å². The average molecular weight is 268 g/mol. The first-order chi connectivity index (χ1) is 9.66. The van der Waals surface area contributed by atoms with Gasteiger partial charge in [0.25, 0.3) is 0 Å². The summed E-state index contributed by atoms with van der Waals surface area (Å²) in [5.41, 5.74) is 5.27. The van der Waals surface area contributed by atoms with E-state index in [4.69, 9.17) is 0 Å². The van der Waals surface area contributed by atoms with Gasteiger partial charge in [0.15, 0.2) is 0 Å². The highest BCUT2D eigenvalue weighted by atomic mass is 16.2.